The number of aromatic nitrogens is 1. The normalized spacial score (nSPS) is 14.9. The second-order valence-electron chi connectivity index (χ2n) is 7.82. The first-order valence-electron chi connectivity index (χ1n) is 9.83. The van der Waals surface area contributed by atoms with E-state index < -0.39 is 35.7 Å². The van der Waals surface area contributed by atoms with Crippen LogP contribution in [0.5, 0.6) is 5.75 Å². The highest BCUT2D eigenvalue weighted by molar-refractivity contribution is 6.09. The van der Waals surface area contributed by atoms with E-state index >= 15 is 0 Å². The molecule has 0 spiro atoms. The molecule has 1 aliphatic rings. The summed E-state index contributed by atoms with van der Waals surface area (Å²) in [5.41, 5.74) is -0.251. The lowest BCUT2D eigenvalue weighted by Crippen LogP contribution is -2.49. The molecule has 1 aromatic heterocycles. The number of rotatable bonds is 6. The van der Waals surface area contributed by atoms with E-state index in [4.69, 9.17) is 4.74 Å². The molecule has 1 unspecified atom stereocenters. The van der Waals surface area contributed by atoms with Gasteiger partial charge in [-0.05, 0) is 37.6 Å². The summed E-state index contributed by atoms with van der Waals surface area (Å²) in [5, 5.41) is 15.8. The second-order valence-corrected chi connectivity index (χ2v) is 7.82. The highest BCUT2D eigenvalue weighted by atomic mass is 19.4. The summed E-state index contributed by atoms with van der Waals surface area (Å²) >= 11 is 0. The maximum absolute atomic E-state index is 13.1. The third-order valence-corrected chi connectivity index (χ3v) is 4.80. The third-order valence-electron chi connectivity index (χ3n) is 4.80. The standard InChI is InChI=1S/C21H23F3N4O5/c1-20(2,31)14-8-9-25-18-17(14)27-16(29)10-28(18)19(30)26-15(11-32-3)12-4-6-13(7-5-12)33-21(22,23)24/h4-9,15,31H,10-11H2,1-3H3,(H,26,30)(H,27,29). The van der Waals surface area contributed by atoms with Gasteiger partial charge in [-0.1, -0.05) is 12.1 Å². The van der Waals surface area contributed by atoms with E-state index in [0.29, 0.717) is 11.1 Å². The van der Waals surface area contributed by atoms with Crippen LogP contribution in [-0.4, -0.2) is 48.7 Å². The Balaban J connectivity index is 1.85. The van der Waals surface area contributed by atoms with Crippen molar-refractivity contribution in [1.29, 1.82) is 0 Å². The lowest BCUT2D eigenvalue weighted by atomic mass is 9.96. The zero-order valence-electron chi connectivity index (χ0n) is 18.1. The van der Waals surface area contributed by atoms with Crippen LogP contribution in [0.3, 0.4) is 0 Å². The van der Waals surface area contributed by atoms with E-state index in [1.54, 1.807) is 6.07 Å². The lowest BCUT2D eigenvalue weighted by molar-refractivity contribution is -0.274. The number of nitrogens with one attached hydrogen (secondary N) is 2. The Hall–Kier alpha value is -3.38. The molecule has 3 rings (SSSR count). The molecule has 0 saturated heterocycles. The molecule has 9 nitrogen and oxygen atoms in total. The average molecular weight is 468 g/mol. The monoisotopic (exact) mass is 468 g/mol. The molecular formula is C21H23F3N4O5. The molecular weight excluding hydrogens is 445 g/mol. The Bertz CT molecular complexity index is 1020. The fraction of sp³-hybridized carbons (Fsp3) is 0.381. The number of pyridine rings is 1. The number of alkyl halides is 3. The van der Waals surface area contributed by atoms with Crippen LogP contribution >= 0.6 is 0 Å². The Morgan fingerprint density at radius 1 is 1.27 bits per heavy atom. The maximum Gasteiger partial charge on any atom is 0.573 e. The molecule has 1 aromatic carbocycles. The molecule has 3 N–H and O–H groups in total. The highest BCUT2D eigenvalue weighted by Crippen LogP contribution is 2.36. The zero-order valence-corrected chi connectivity index (χ0v) is 18.1. The number of hydrogen-bond donors (Lipinski definition) is 3. The van der Waals surface area contributed by atoms with Crippen LogP contribution in [0.2, 0.25) is 0 Å². The van der Waals surface area contributed by atoms with Crippen molar-refractivity contribution < 1.29 is 37.3 Å². The minimum absolute atomic E-state index is 0.00917. The van der Waals surface area contributed by atoms with Gasteiger partial charge in [-0.3, -0.25) is 9.69 Å². The molecule has 1 aliphatic heterocycles. The molecule has 0 bridgehead atoms. The van der Waals surface area contributed by atoms with E-state index in [1.807, 2.05) is 0 Å². The number of methoxy groups -OCH3 is 1. The number of amides is 3. The minimum Gasteiger partial charge on any atom is -0.406 e. The van der Waals surface area contributed by atoms with Gasteiger partial charge in [0.15, 0.2) is 5.82 Å². The minimum atomic E-state index is -4.82. The van der Waals surface area contributed by atoms with Gasteiger partial charge in [-0.25, -0.2) is 9.78 Å². The fourth-order valence-corrected chi connectivity index (χ4v) is 3.37. The Labute approximate surface area is 187 Å². The quantitative estimate of drug-likeness (QED) is 0.601. The van der Waals surface area contributed by atoms with Gasteiger partial charge in [0.05, 0.1) is 23.9 Å². The van der Waals surface area contributed by atoms with Gasteiger partial charge in [-0.15, -0.1) is 13.2 Å². The first kappa shape index (κ1) is 24.3. The molecule has 0 fully saturated rings. The van der Waals surface area contributed by atoms with Crippen LogP contribution in [0.4, 0.5) is 29.5 Å². The second kappa shape index (κ2) is 9.24. The Kier molecular flexibility index (Phi) is 6.79. The van der Waals surface area contributed by atoms with E-state index in [9.17, 15) is 27.9 Å². The van der Waals surface area contributed by atoms with Gasteiger partial charge in [0.1, 0.15) is 12.3 Å². The van der Waals surface area contributed by atoms with E-state index in [1.165, 1.54) is 39.3 Å². The molecule has 0 radical (unpaired) electrons. The van der Waals surface area contributed by atoms with Crippen LogP contribution in [-0.2, 0) is 15.1 Å². The van der Waals surface area contributed by atoms with Crippen LogP contribution in [0.1, 0.15) is 31.0 Å². The molecule has 12 heteroatoms. The molecule has 1 atom stereocenters. The molecule has 0 saturated carbocycles. The summed E-state index contributed by atoms with van der Waals surface area (Å²) in [4.78, 5) is 30.7. The van der Waals surface area contributed by atoms with E-state index in [2.05, 4.69) is 20.4 Å². The molecule has 178 valence electrons. The molecule has 2 heterocycles. The van der Waals surface area contributed by atoms with Crippen molar-refractivity contribution in [1.82, 2.24) is 10.3 Å². The van der Waals surface area contributed by atoms with Crippen LogP contribution in [0.15, 0.2) is 36.5 Å². The predicted octanol–water partition coefficient (Wildman–Crippen LogP) is 3.06. The van der Waals surface area contributed by atoms with Gasteiger partial charge in [0.2, 0.25) is 5.91 Å². The van der Waals surface area contributed by atoms with Crippen molar-refractivity contribution in [3.8, 4) is 5.75 Å². The van der Waals surface area contributed by atoms with Gasteiger partial charge in [0.25, 0.3) is 0 Å². The Morgan fingerprint density at radius 2 is 1.94 bits per heavy atom. The fourth-order valence-electron chi connectivity index (χ4n) is 3.37. The first-order valence-corrected chi connectivity index (χ1v) is 9.83. The van der Waals surface area contributed by atoms with Crippen molar-refractivity contribution in [2.24, 2.45) is 0 Å². The summed E-state index contributed by atoms with van der Waals surface area (Å²) in [6.07, 6.45) is -3.41. The maximum atomic E-state index is 13.1. The number of fused-ring (bicyclic) bond motifs is 1. The number of anilines is 2. The van der Waals surface area contributed by atoms with Crippen molar-refractivity contribution in [3.63, 3.8) is 0 Å². The topological polar surface area (TPSA) is 113 Å². The van der Waals surface area contributed by atoms with Crippen molar-refractivity contribution in [2.75, 3.05) is 30.5 Å². The number of halogens is 3. The van der Waals surface area contributed by atoms with Gasteiger partial charge in [0, 0.05) is 18.9 Å². The smallest absolute Gasteiger partial charge is 0.406 e. The summed E-state index contributed by atoms with van der Waals surface area (Å²) < 4.78 is 46.2. The number of carbonyl (C=O) groups excluding carboxylic acids is 2. The largest absolute Gasteiger partial charge is 0.573 e. The van der Waals surface area contributed by atoms with Crippen LogP contribution in [0.25, 0.3) is 0 Å². The van der Waals surface area contributed by atoms with E-state index in [-0.39, 0.29) is 24.7 Å². The number of aliphatic hydroxyl groups is 1. The van der Waals surface area contributed by atoms with Gasteiger partial charge >= 0.3 is 12.4 Å². The summed E-state index contributed by atoms with van der Waals surface area (Å²) in [6, 6.07) is 5.10. The zero-order chi connectivity index (χ0) is 24.4. The SMILES string of the molecule is COCC(NC(=O)N1CC(=O)Nc2c(C(C)(C)O)ccnc21)c1ccc(OC(F)(F)F)cc1. The van der Waals surface area contributed by atoms with E-state index in [0.717, 1.165) is 17.0 Å². The van der Waals surface area contributed by atoms with Crippen molar-refractivity contribution >= 4 is 23.4 Å². The number of ether oxygens (including phenoxy) is 2. The number of nitrogens with zero attached hydrogens (tertiary/aromatic N) is 2. The highest BCUT2D eigenvalue weighted by Gasteiger charge is 2.34. The third kappa shape index (κ3) is 5.90. The van der Waals surface area contributed by atoms with Crippen molar-refractivity contribution in [2.45, 2.75) is 31.9 Å². The van der Waals surface area contributed by atoms with Crippen LogP contribution in [0, 0.1) is 0 Å². The lowest BCUT2D eigenvalue weighted by Gasteiger charge is -2.33. The number of urea groups is 1. The Morgan fingerprint density at radius 3 is 2.52 bits per heavy atom. The molecule has 3 amide bonds. The first-order chi connectivity index (χ1) is 15.4. The molecule has 2 aromatic rings. The predicted molar refractivity (Wildman–Crippen MR) is 112 cm³/mol. The summed E-state index contributed by atoms with van der Waals surface area (Å²) in [5.74, 6) is -0.733. The van der Waals surface area contributed by atoms with Gasteiger partial charge < -0.3 is 25.2 Å². The number of benzene rings is 1. The average Bonchev–Trinajstić information content (AvgIpc) is 2.71. The summed E-state index contributed by atoms with van der Waals surface area (Å²) in [6.45, 7) is 2.76. The molecule has 33 heavy (non-hydrogen) atoms. The number of hydrogen-bond acceptors (Lipinski definition) is 6. The van der Waals surface area contributed by atoms with Crippen LogP contribution < -0.4 is 20.3 Å². The van der Waals surface area contributed by atoms with Crippen molar-refractivity contribution in [3.05, 3.63) is 47.7 Å². The summed E-state index contributed by atoms with van der Waals surface area (Å²) in [7, 11) is 1.40. The van der Waals surface area contributed by atoms with Gasteiger partial charge in [-0.2, -0.15) is 0 Å². The molecule has 0 aliphatic carbocycles. The number of carbonyl (C=O) groups is 2.